The van der Waals surface area contributed by atoms with Crippen LogP contribution in [-0.2, 0) is 14.8 Å². The van der Waals surface area contributed by atoms with Crippen LogP contribution in [0, 0.1) is 0 Å². The van der Waals surface area contributed by atoms with Gasteiger partial charge in [0.1, 0.15) is 4.90 Å². The molecule has 0 amide bonds. The molecule has 1 aromatic carbocycles. The maximum Gasteiger partial charge on any atom is 0.244 e. The lowest BCUT2D eigenvalue weighted by atomic mass is 10.4. The number of carbonyl (C=O) groups is 1. The molecule has 0 saturated carbocycles. The fraction of sp³-hybridized carbons (Fsp3) is 0.222. The molecular weight excluding hydrogens is 289 g/mol. The van der Waals surface area contributed by atoms with Crippen LogP contribution in [0.1, 0.15) is 6.92 Å². The Hall–Kier alpha value is -0.820. The molecule has 0 aliphatic carbocycles. The summed E-state index contributed by atoms with van der Waals surface area (Å²) in [6.07, 6.45) is 0. The molecule has 17 heavy (non-hydrogen) atoms. The van der Waals surface area contributed by atoms with Gasteiger partial charge < -0.3 is 9.90 Å². The lowest BCUT2D eigenvalue weighted by molar-refractivity contribution is -0.307. The van der Waals surface area contributed by atoms with Crippen molar-refractivity contribution in [3.8, 4) is 0 Å². The summed E-state index contributed by atoms with van der Waals surface area (Å²) in [5.74, 6) is -1.54. The normalized spacial score (nSPS) is 13.4. The monoisotopic (exact) mass is 296 g/mol. The smallest absolute Gasteiger partial charge is 0.244 e. The van der Waals surface area contributed by atoms with E-state index in [1.54, 1.807) is 0 Å². The van der Waals surface area contributed by atoms with Gasteiger partial charge in [-0.1, -0.05) is 29.3 Å². The van der Waals surface area contributed by atoms with Gasteiger partial charge in [-0.3, -0.25) is 0 Å². The Kier molecular flexibility index (Phi) is 4.37. The molecule has 1 rings (SSSR count). The van der Waals surface area contributed by atoms with Crippen LogP contribution < -0.4 is 9.83 Å². The number of aliphatic carboxylic acids is 1. The number of carboxylic acid groups (broad SMARTS) is 1. The predicted octanol–water partition coefficient (Wildman–Crippen LogP) is 0.410. The van der Waals surface area contributed by atoms with Crippen molar-refractivity contribution in [2.45, 2.75) is 17.9 Å². The summed E-state index contributed by atoms with van der Waals surface area (Å²) < 4.78 is 25.5. The Bertz CT molecular complexity index is 524. The van der Waals surface area contributed by atoms with Crippen molar-refractivity contribution in [1.82, 2.24) is 4.72 Å². The van der Waals surface area contributed by atoms with E-state index < -0.39 is 22.0 Å². The summed E-state index contributed by atoms with van der Waals surface area (Å²) in [6.45, 7) is 1.14. The van der Waals surface area contributed by atoms with E-state index >= 15 is 0 Å². The quantitative estimate of drug-likeness (QED) is 0.872. The molecule has 0 unspecified atom stereocenters. The summed E-state index contributed by atoms with van der Waals surface area (Å²) in [4.78, 5) is 10.1. The summed E-state index contributed by atoms with van der Waals surface area (Å²) >= 11 is 11.4. The molecule has 1 atom stereocenters. The minimum absolute atomic E-state index is 0.0875. The molecule has 0 radical (unpaired) electrons. The van der Waals surface area contributed by atoms with Gasteiger partial charge in [0, 0.05) is 0 Å². The SMILES string of the molecule is C[C@@H](NS(=O)(=O)c1c(Cl)cccc1Cl)C(=O)[O-]. The van der Waals surface area contributed by atoms with Crippen molar-refractivity contribution in [1.29, 1.82) is 0 Å². The number of hydrogen-bond donors (Lipinski definition) is 1. The fourth-order valence-corrected chi connectivity index (χ4v) is 3.41. The molecule has 0 aliphatic rings. The van der Waals surface area contributed by atoms with Gasteiger partial charge in [0.2, 0.25) is 10.0 Å². The number of rotatable bonds is 4. The number of nitrogens with one attached hydrogen (secondary N) is 1. The van der Waals surface area contributed by atoms with Crippen LogP contribution in [0.15, 0.2) is 23.1 Å². The van der Waals surface area contributed by atoms with Crippen molar-refractivity contribution in [2.24, 2.45) is 0 Å². The summed E-state index contributed by atoms with van der Waals surface area (Å²) in [5.41, 5.74) is 0. The Labute approximate surface area is 108 Å². The average Bonchev–Trinajstić information content (AvgIpc) is 2.15. The molecule has 0 aromatic heterocycles. The van der Waals surface area contributed by atoms with E-state index in [0.29, 0.717) is 0 Å². The van der Waals surface area contributed by atoms with Gasteiger partial charge in [0.05, 0.1) is 22.1 Å². The molecule has 1 aromatic rings. The van der Waals surface area contributed by atoms with E-state index in [1.807, 2.05) is 4.72 Å². The van der Waals surface area contributed by atoms with Crippen molar-refractivity contribution in [3.63, 3.8) is 0 Å². The zero-order valence-corrected chi connectivity index (χ0v) is 10.9. The van der Waals surface area contributed by atoms with Crippen molar-refractivity contribution in [3.05, 3.63) is 28.2 Å². The van der Waals surface area contributed by atoms with E-state index in [0.717, 1.165) is 6.92 Å². The maximum atomic E-state index is 11.8. The lowest BCUT2D eigenvalue weighted by Gasteiger charge is -2.16. The van der Waals surface area contributed by atoms with Crippen LogP contribution in [0.2, 0.25) is 10.0 Å². The first kappa shape index (κ1) is 14.2. The van der Waals surface area contributed by atoms with E-state index in [1.165, 1.54) is 18.2 Å². The highest BCUT2D eigenvalue weighted by molar-refractivity contribution is 7.89. The number of carbonyl (C=O) groups excluding carboxylic acids is 1. The second-order valence-corrected chi connectivity index (χ2v) is 5.68. The van der Waals surface area contributed by atoms with Gasteiger partial charge in [0.25, 0.3) is 0 Å². The number of sulfonamides is 1. The van der Waals surface area contributed by atoms with Crippen LogP contribution in [0.5, 0.6) is 0 Å². The number of halogens is 2. The molecule has 0 spiro atoms. The first-order valence-corrected chi connectivity index (χ1v) is 6.67. The van der Waals surface area contributed by atoms with Gasteiger partial charge in [-0.15, -0.1) is 0 Å². The third kappa shape index (κ3) is 3.32. The van der Waals surface area contributed by atoms with E-state index in [9.17, 15) is 18.3 Å². The lowest BCUT2D eigenvalue weighted by Crippen LogP contribution is -2.45. The summed E-state index contributed by atoms with van der Waals surface area (Å²) in [6, 6.07) is 2.77. The van der Waals surface area contributed by atoms with Crippen LogP contribution in [0.25, 0.3) is 0 Å². The van der Waals surface area contributed by atoms with Gasteiger partial charge in [-0.25, -0.2) is 13.1 Å². The minimum atomic E-state index is -4.10. The fourth-order valence-electron chi connectivity index (χ4n) is 1.08. The first-order valence-electron chi connectivity index (χ1n) is 4.43. The minimum Gasteiger partial charge on any atom is -0.548 e. The topological polar surface area (TPSA) is 86.3 Å². The molecule has 0 aliphatic heterocycles. The highest BCUT2D eigenvalue weighted by atomic mass is 35.5. The Balaban J connectivity index is 3.19. The maximum absolute atomic E-state index is 11.8. The molecule has 0 saturated heterocycles. The summed E-state index contributed by atoms with van der Waals surface area (Å²) in [5, 5.41) is 10.3. The third-order valence-corrected chi connectivity index (χ3v) is 4.37. The molecule has 0 heterocycles. The first-order chi connectivity index (χ1) is 7.75. The molecular formula is C9H8Cl2NO4S-. The Morgan fingerprint density at radius 2 is 1.82 bits per heavy atom. The van der Waals surface area contributed by atoms with Crippen LogP contribution in [0.3, 0.4) is 0 Å². The van der Waals surface area contributed by atoms with Crippen molar-refractivity contribution in [2.75, 3.05) is 0 Å². The third-order valence-electron chi connectivity index (χ3n) is 1.87. The molecule has 94 valence electrons. The second kappa shape index (κ2) is 5.22. The van der Waals surface area contributed by atoms with Gasteiger partial charge in [-0.05, 0) is 19.1 Å². The average molecular weight is 297 g/mol. The standard InChI is InChI=1S/C9H9Cl2NO4S/c1-5(9(13)14)12-17(15,16)8-6(10)3-2-4-7(8)11/h2-5,12H,1H3,(H,13,14)/p-1/t5-/m1/s1. The van der Waals surface area contributed by atoms with Crippen molar-refractivity contribution >= 4 is 39.2 Å². The van der Waals surface area contributed by atoms with Crippen LogP contribution >= 0.6 is 23.2 Å². The van der Waals surface area contributed by atoms with E-state index in [4.69, 9.17) is 23.2 Å². The highest BCUT2D eigenvalue weighted by Gasteiger charge is 2.23. The second-order valence-electron chi connectivity index (χ2n) is 3.21. The molecule has 8 heteroatoms. The van der Waals surface area contributed by atoms with Gasteiger partial charge >= 0.3 is 0 Å². The summed E-state index contributed by atoms with van der Waals surface area (Å²) in [7, 11) is -4.10. The highest BCUT2D eigenvalue weighted by Crippen LogP contribution is 2.28. The predicted molar refractivity (Wildman–Crippen MR) is 61.3 cm³/mol. The van der Waals surface area contributed by atoms with Crippen LogP contribution in [-0.4, -0.2) is 20.4 Å². The van der Waals surface area contributed by atoms with Gasteiger partial charge in [0.15, 0.2) is 0 Å². The molecule has 1 N–H and O–H groups in total. The van der Waals surface area contributed by atoms with Crippen LogP contribution in [0.4, 0.5) is 0 Å². The number of hydrogen-bond acceptors (Lipinski definition) is 4. The molecule has 5 nitrogen and oxygen atoms in total. The molecule has 0 fully saturated rings. The van der Waals surface area contributed by atoms with E-state index in [-0.39, 0.29) is 14.9 Å². The zero-order chi connectivity index (χ0) is 13.2. The van der Waals surface area contributed by atoms with Crippen molar-refractivity contribution < 1.29 is 18.3 Å². The molecule has 0 bridgehead atoms. The largest absolute Gasteiger partial charge is 0.548 e. The Morgan fingerprint density at radius 3 is 2.24 bits per heavy atom. The van der Waals surface area contributed by atoms with E-state index in [2.05, 4.69) is 0 Å². The zero-order valence-electron chi connectivity index (χ0n) is 8.61. The number of carboxylic acids is 1. The number of benzene rings is 1. The van der Waals surface area contributed by atoms with Gasteiger partial charge in [-0.2, -0.15) is 0 Å². The Morgan fingerprint density at radius 1 is 1.35 bits per heavy atom.